The summed E-state index contributed by atoms with van der Waals surface area (Å²) in [7, 11) is 5.68. The number of nitrogens with zero attached hydrogens (tertiary/aromatic N) is 7. The predicted molar refractivity (Wildman–Crippen MR) is 599 cm³/mol. The van der Waals surface area contributed by atoms with Crippen molar-refractivity contribution >= 4 is 171 Å². The number of amides is 2. The maximum Gasteiger partial charge on any atom is 0.263 e. The number of methoxy groups -OCH3 is 1. The molecule has 16 heterocycles. The summed E-state index contributed by atoms with van der Waals surface area (Å²) in [6.07, 6.45) is 23.5. The molecule has 6 fully saturated rings. The molecule has 0 atom stereocenters. The molecule has 0 bridgehead atoms. The molecule has 782 valence electrons. The van der Waals surface area contributed by atoms with Crippen molar-refractivity contribution in [3.63, 3.8) is 0 Å². The molecule has 6 saturated heterocycles. The molecular formula is C110H158N8O14S10. The lowest BCUT2D eigenvalue weighted by atomic mass is 10.0. The number of unbranched alkanes of at least 4 members (excludes halogenated alkanes) is 2. The van der Waals surface area contributed by atoms with E-state index in [1.54, 1.807) is 85.4 Å². The molecule has 6 aliphatic heterocycles. The number of carbonyl (C=O) groups is 9. The third kappa shape index (κ3) is 49.6. The molecule has 3 N–H and O–H groups in total. The van der Waals surface area contributed by atoms with E-state index in [0.717, 1.165) is 188 Å². The van der Waals surface area contributed by atoms with E-state index in [2.05, 4.69) is 72.4 Å². The van der Waals surface area contributed by atoms with E-state index in [4.69, 9.17) is 29.8 Å². The first kappa shape index (κ1) is 122. The highest BCUT2D eigenvalue weighted by atomic mass is 32.1. The van der Waals surface area contributed by atoms with Crippen molar-refractivity contribution in [2.24, 2.45) is 0 Å². The summed E-state index contributed by atoms with van der Waals surface area (Å²) in [6.45, 7) is 42.9. The van der Waals surface area contributed by atoms with Crippen LogP contribution in [0.4, 0.5) is 5.00 Å². The van der Waals surface area contributed by atoms with Crippen molar-refractivity contribution in [1.82, 2.24) is 34.3 Å². The summed E-state index contributed by atoms with van der Waals surface area (Å²) in [5, 5.41) is 10.4. The van der Waals surface area contributed by atoms with Crippen LogP contribution in [0.1, 0.15) is 281 Å². The van der Waals surface area contributed by atoms with Gasteiger partial charge in [0.05, 0.1) is 77.1 Å². The van der Waals surface area contributed by atoms with E-state index in [1.165, 1.54) is 166 Å². The Hall–Kier alpha value is -7.13. The topological polar surface area (TPSA) is 259 Å². The summed E-state index contributed by atoms with van der Waals surface area (Å²) in [5.74, 6) is 1.62. The molecule has 2 amide bonds. The van der Waals surface area contributed by atoms with Crippen LogP contribution in [-0.2, 0) is 19.0 Å². The van der Waals surface area contributed by atoms with Gasteiger partial charge in [-0.25, -0.2) is 0 Å². The average molecular weight is 2140 g/mol. The molecule has 16 rings (SSSR count). The number of hydrogen-bond acceptors (Lipinski definition) is 30. The van der Waals surface area contributed by atoms with Gasteiger partial charge in [-0.3, -0.25) is 48.1 Å². The zero-order chi connectivity index (χ0) is 103. The Bertz CT molecular complexity index is 5170. The highest BCUT2D eigenvalue weighted by Crippen LogP contribution is 2.29. The van der Waals surface area contributed by atoms with Crippen LogP contribution in [0.3, 0.4) is 0 Å². The third-order valence-corrected chi connectivity index (χ3v) is 33.9. The van der Waals surface area contributed by atoms with Crippen LogP contribution < -0.4 is 10.5 Å². The number of nitrogens with two attached hydrogens (primary N) is 1. The van der Waals surface area contributed by atoms with Gasteiger partial charge in [0.1, 0.15) is 13.2 Å². The van der Waals surface area contributed by atoms with E-state index in [9.17, 15) is 43.2 Å². The van der Waals surface area contributed by atoms with Crippen LogP contribution in [0.15, 0.2) is 121 Å². The summed E-state index contributed by atoms with van der Waals surface area (Å²) >= 11 is 15.8. The van der Waals surface area contributed by atoms with Gasteiger partial charge in [-0.1, -0.05) is 26.2 Å². The maximum atomic E-state index is 12.4. The van der Waals surface area contributed by atoms with Gasteiger partial charge in [0.15, 0.2) is 45.5 Å². The molecule has 10 aromatic rings. The summed E-state index contributed by atoms with van der Waals surface area (Å²) in [4.78, 5) is 140. The molecule has 0 aliphatic carbocycles. The second-order valence-corrected chi connectivity index (χ2v) is 49.3. The first-order valence-electron chi connectivity index (χ1n) is 50.5. The normalized spacial score (nSPS) is 14.9. The minimum absolute atomic E-state index is 0.0607. The van der Waals surface area contributed by atoms with Crippen molar-refractivity contribution < 1.29 is 67.2 Å². The molecule has 0 aromatic carbocycles. The Morgan fingerprint density at radius 1 is 0.359 bits per heavy atom. The zero-order valence-corrected chi connectivity index (χ0v) is 94.9. The van der Waals surface area contributed by atoms with E-state index < -0.39 is 0 Å². The third-order valence-electron chi connectivity index (χ3n) is 23.9. The maximum absolute atomic E-state index is 12.4. The fourth-order valence-electron chi connectivity index (χ4n) is 16.0. The summed E-state index contributed by atoms with van der Waals surface area (Å²) in [5.41, 5.74) is 5.40. The molecule has 10 aromatic heterocycles. The Balaban J connectivity index is 0.000000216. The van der Waals surface area contributed by atoms with Gasteiger partial charge >= 0.3 is 0 Å². The Morgan fingerprint density at radius 3 is 1.04 bits per heavy atom. The lowest BCUT2D eigenvalue weighted by Crippen LogP contribution is -2.45. The van der Waals surface area contributed by atoms with Crippen LogP contribution >= 0.6 is 113 Å². The molecule has 6 aliphatic rings. The number of anilines is 1. The van der Waals surface area contributed by atoms with Crippen LogP contribution in [0.25, 0.3) is 0 Å². The number of piperidine rings is 2. The van der Waals surface area contributed by atoms with E-state index >= 15 is 0 Å². The summed E-state index contributed by atoms with van der Waals surface area (Å²) in [6, 6.07) is 39.9. The van der Waals surface area contributed by atoms with Crippen molar-refractivity contribution in [1.29, 1.82) is 0 Å². The van der Waals surface area contributed by atoms with Crippen LogP contribution in [0.2, 0.25) is 0 Å². The molecule has 0 saturated carbocycles. The number of morpholine rings is 2. The van der Waals surface area contributed by atoms with Crippen LogP contribution in [0.5, 0.6) is 5.06 Å². The Kier molecular flexibility index (Phi) is 60.0. The van der Waals surface area contributed by atoms with Gasteiger partial charge in [-0.2, -0.15) is 0 Å². The Morgan fingerprint density at radius 2 is 0.697 bits per heavy atom. The van der Waals surface area contributed by atoms with Gasteiger partial charge in [0, 0.05) is 146 Å². The van der Waals surface area contributed by atoms with Gasteiger partial charge < -0.3 is 59.2 Å². The van der Waals surface area contributed by atoms with Gasteiger partial charge in [-0.15, -0.1) is 113 Å². The number of likely N-dealkylation sites (tertiary alicyclic amines) is 4. The van der Waals surface area contributed by atoms with Gasteiger partial charge in [0.25, 0.3) is 5.91 Å². The number of carbonyl (C=O) groups excluding carboxylic acids is 9. The second-order valence-electron chi connectivity index (χ2n) is 36.4. The number of ether oxygens (including phenoxy) is 4. The average Bonchev–Trinajstić information content (AvgIpc) is 1.63. The number of aliphatic hydroxyl groups is 1. The number of hydrogen-bond donors (Lipinski definition) is 2. The van der Waals surface area contributed by atoms with Crippen molar-refractivity contribution in [2.75, 3.05) is 178 Å². The number of Topliss-reactive ketones (excluding diaryl/α,β-unsaturated/α-hetero) is 7. The second kappa shape index (κ2) is 69.9. The number of nitrogen functional groups attached to an aromatic ring is 1. The molecule has 142 heavy (non-hydrogen) atoms. The highest BCUT2D eigenvalue weighted by Gasteiger charge is 2.30. The van der Waals surface area contributed by atoms with Crippen molar-refractivity contribution in [3.8, 4) is 5.06 Å². The number of aliphatic hydroxyl groups excluding tert-OH is 1. The van der Waals surface area contributed by atoms with Gasteiger partial charge in [-0.05, 0) is 353 Å². The summed E-state index contributed by atoms with van der Waals surface area (Å²) < 4.78 is 20.8. The molecular weight excluding hydrogens is 1980 g/mol. The molecule has 22 nitrogen and oxygen atoms in total. The lowest BCUT2D eigenvalue weighted by molar-refractivity contribution is -0.135. The first-order valence-corrected chi connectivity index (χ1v) is 58.7. The predicted octanol–water partition coefficient (Wildman–Crippen LogP) is 25.0. The number of aryl methyl sites for hydroxylation is 10. The van der Waals surface area contributed by atoms with Crippen LogP contribution in [-0.4, -0.2) is 270 Å². The quantitative estimate of drug-likeness (QED) is 0.0271. The molecule has 0 spiro atoms. The number of thiophene rings is 10. The fourth-order valence-corrected chi connectivity index (χ4v) is 24.0. The first-order chi connectivity index (χ1) is 68.3. The lowest BCUT2D eigenvalue weighted by Gasteiger charge is -2.36. The standard InChI is InChI=1S/C15H22N2OS.C14H19NO3S.C14H21NOS.C13H19NO2S.C13H19NOS.C11H16OS.C10H17NOS.C8H10O2S.C7H8O2S.C5H7NS/c1-12-4-5-14(19-12)15(18)17-10-6-13(7-11-17)16-8-2-3-9-16;1-11-5-6-13(19-11)12(16)3-2-4-14(17)15-7-9-18-10-8-15;1-12-7-8-14(17-12)13(16)6-5-11-15-9-3-2-4-10-15;1-11-4-5-13(17-11)12(15)3-2-6-14-7-9-16-10-8-14;1-11-6-7-13(16-11)12(15)5-4-10-14-8-2-3-9-14;1-3-4-5-6-10(12)11-8-7-9(2)13-11;1-9-5-6-10(13-9)12-8-4-7-11(2)3;1-6-3-4-8(11-6)7(9)5-10-2;1-5-2-3-7(10-5)6(9)4-8;1-4-2-3-5(6)7-4/h4-5,13H,2-3,6-11H2,1H3;5-6H,2-4,7-10H2,1H3;7-8H,2-6,9-11H2,1H3;4-5H,2-3,6-10H2,1H3;6-7H,2-5,8-10H2,1H3;7-8H,3-6H2,1-2H3;5-6H,4,7-8H2,1-3H3;3-4H,5H2,1-2H3;2-3,8H,4H2,1H3;2-3H,6H2,1H3. The van der Waals surface area contributed by atoms with Gasteiger partial charge in [0.2, 0.25) is 5.91 Å². The van der Waals surface area contributed by atoms with E-state index in [1.807, 2.05) is 167 Å². The van der Waals surface area contributed by atoms with E-state index in [0.29, 0.717) is 93.5 Å². The minimum Gasteiger partial charge on any atom is -0.484 e. The SMILES string of the molecule is CCCCCC(=O)c1ccc(C)s1.COCC(=O)c1ccc(C)s1.Cc1ccc(C(=O)CCCC(=O)N2CCOCC2)s1.Cc1ccc(C(=O)CCCN2CCCC2)s1.Cc1ccc(C(=O)CCCN2CCCCC2)s1.Cc1ccc(C(=O)CCCN2CCOCC2)s1.Cc1ccc(C(=O)CO)s1.Cc1ccc(C(=O)N2CCC(N3CCCC3)CC2)s1.Cc1ccc(N)s1.Cc1ccc(OCCCN(C)C)s1. The molecule has 0 radical (unpaired) electrons. The van der Waals surface area contributed by atoms with Crippen molar-refractivity contribution in [2.45, 2.75) is 230 Å². The highest BCUT2D eigenvalue weighted by molar-refractivity contribution is 7.17. The van der Waals surface area contributed by atoms with E-state index in [-0.39, 0.29) is 48.2 Å². The largest absolute Gasteiger partial charge is 0.484 e. The fraction of sp³-hybridized carbons (Fsp3) is 0.555. The number of ketones is 7. The Labute approximate surface area is 886 Å². The molecule has 0 unspecified atom stereocenters. The minimum atomic E-state index is -0.389. The monoisotopic (exact) mass is 2130 g/mol. The zero-order valence-electron chi connectivity index (χ0n) is 86.7. The smallest absolute Gasteiger partial charge is 0.263 e. The van der Waals surface area contributed by atoms with Crippen molar-refractivity contribution in [3.05, 3.63) is 209 Å². The van der Waals surface area contributed by atoms with Crippen LogP contribution in [0, 0.1) is 69.2 Å². The molecule has 32 heteroatoms. The number of rotatable bonds is 37.